The number of hydrogen-bond acceptors (Lipinski definition) is 2. The average Bonchev–Trinajstić information content (AvgIpc) is 3.13. The molecule has 1 aromatic rings. The molecule has 0 N–H and O–H groups in total. The average molecular weight is 343 g/mol. The normalized spacial score (nSPS) is 34.3. The number of quaternary nitrogens is 1. The number of carbonyl (C=O) groups excluding carboxylic acids is 1. The van der Waals surface area contributed by atoms with E-state index in [1.807, 2.05) is 6.07 Å². The Bertz CT molecular complexity index is 604. The molecule has 4 rings (SSSR count). The summed E-state index contributed by atoms with van der Waals surface area (Å²) in [5.41, 5.74) is 0.769. The Morgan fingerprint density at radius 3 is 2.48 bits per heavy atom. The number of nitrogens with zero attached hydrogens (tertiary/aromatic N) is 1. The van der Waals surface area contributed by atoms with Gasteiger partial charge in [-0.25, -0.2) is 0 Å². The second kappa shape index (κ2) is 6.75. The summed E-state index contributed by atoms with van der Waals surface area (Å²) in [5, 5.41) is 0. The summed E-state index contributed by atoms with van der Waals surface area (Å²) >= 11 is 0. The van der Waals surface area contributed by atoms with Crippen molar-refractivity contribution in [1.29, 1.82) is 0 Å². The van der Waals surface area contributed by atoms with E-state index in [1.165, 1.54) is 38.8 Å². The third kappa shape index (κ3) is 3.01. The molecule has 2 saturated heterocycles. The lowest BCUT2D eigenvalue weighted by atomic mass is 9.78. The van der Waals surface area contributed by atoms with E-state index in [1.54, 1.807) is 0 Å². The Labute approximate surface area is 151 Å². The van der Waals surface area contributed by atoms with Gasteiger partial charge in [0, 0.05) is 12.8 Å². The lowest BCUT2D eigenvalue weighted by Crippen LogP contribution is -2.63. The zero-order chi connectivity index (χ0) is 17.3. The van der Waals surface area contributed by atoms with Gasteiger partial charge in [0.2, 0.25) is 0 Å². The molecule has 0 bridgehead atoms. The minimum atomic E-state index is -0.392. The summed E-state index contributed by atoms with van der Waals surface area (Å²) in [6, 6.07) is 10.9. The van der Waals surface area contributed by atoms with Crippen molar-refractivity contribution in [2.24, 2.45) is 0 Å². The van der Waals surface area contributed by atoms with E-state index in [4.69, 9.17) is 4.74 Å². The van der Waals surface area contributed by atoms with Crippen molar-refractivity contribution in [3.63, 3.8) is 0 Å². The van der Waals surface area contributed by atoms with Gasteiger partial charge in [0.1, 0.15) is 6.04 Å². The van der Waals surface area contributed by atoms with Gasteiger partial charge >= 0.3 is 5.97 Å². The molecule has 2 aliphatic heterocycles. The summed E-state index contributed by atoms with van der Waals surface area (Å²) in [6.07, 6.45) is 10.3. The lowest BCUT2D eigenvalue weighted by Gasteiger charge is -2.50. The molecule has 1 aromatic carbocycles. The van der Waals surface area contributed by atoms with Gasteiger partial charge in [-0.3, -0.25) is 4.79 Å². The number of rotatable bonds is 3. The van der Waals surface area contributed by atoms with E-state index in [-0.39, 0.29) is 12.1 Å². The van der Waals surface area contributed by atoms with Crippen molar-refractivity contribution >= 4 is 5.97 Å². The molecule has 1 unspecified atom stereocenters. The van der Waals surface area contributed by atoms with Crippen LogP contribution >= 0.6 is 0 Å². The molecule has 2 heterocycles. The molecule has 1 aliphatic carbocycles. The number of piperidine rings is 2. The first-order valence-corrected chi connectivity index (χ1v) is 10.2. The molecule has 25 heavy (non-hydrogen) atoms. The molecule has 1 saturated carbocycles. The van der Waals surface area contributed by atoms with Crippen LogP contribution in [0.2, 0.25) is 0 Å². The molecular formula is C22H32NO2+. The summed E-state index contributed by atoms with van der Waals surface area (Å²) in [7, 11) is 2.38. The molecule has 0 spiro atoms. The number of benzene rings is 1. The number of carbonyl (C=O) groups is 1. The Morgan fingerprint density at radius 2 is 1.72 bits per heavy atom. The van der Waals surface area contributed by atoms with E-state index >= 15 is 0 Å². The highest BCUT2D eigenvalue weighted by Crippen LogP contribution is 2.43. The molecular weight excluding hydrogens is 310 g/mol. The van der Waals surface area contributed by atoms with E-state index < -0.39 is 5.41 Å². The van der Waals surface area contributed by atoms with Crippen LogP contribution in [0.25, 0.3) is 0 Å². The molecule has 3 atom stereocenters. The van der Waals surface area contributed by atoms with Crippen LogP contribution in [0.3, 0.4) is 0 Å². The number of fused-ring (bicyclic) bond motifs is 1. The smallest absolute Gasteiger partial charge is 0.317 e. The largest absolute Gasteiger partial charge is 0.455 e. The molecule has 3 nitrogen and oxygen atoms in total. The topological polar surface area (TPSA) is 26.3 Å². The number of likely N-dealkylation sites (N-methyl/N-ethyl adjacent to an activating group) is 1. The lowest BCUT2D eigenvalue weighted by molar-refractivity contribution is -0.946. The van der Waals surface area contributed by atoms with Crippen molar-refractivity contribution < 1.29 is 14.0 Å². The highest BCUT2D eigenvalue weighted by Gasteiger charge is 2.49. The molecule has 3 heteroatoms. The van der Waals surface area contributed by atoms with Crippen LogP contribution in [0.1, 0.15) is 63.4 Å². The van der Waals surface area contributed by atoms with Gasteiger partial charge in [-0.1, -0.05) is 43.2 Å². The van der Waals surface area contributed by atoms with E-state index in [2.05, 4.69) is 31.3 Å². The summed E-state index contributed by atoms with van der Waals surface area (Å²) in [4.78, 5) is 13.4. The molecule has 0 amide bonds. The Hall–Kier alpha value is -1.35. The second-order valence-electron chi connectivity index (χ2n) is 8.73. The monoisotopic (exact) mass is 342 g/mol. The predicted molar refractivity (Wildman–Crippen MR) is 99.3 cm³/mol. The van der Waals surface area contributed by atoms with Crippen LogP contribution in [-0.2, 0) is 14.9 Å². The van der Waals surface area contributed by atoms with Gasteiger partial charge in [0.05, 0.1) is 25.6 Å². The van der Waals surface area contributed by atoms with Crippen LogP contribution in [-0.4, -0.2) is 42.7 Å². The fourth-order valence-electron chi connectivity index (χ4n) is 5.75. The molecule has 0 radical (unpaired) electrons. The van der Waals surface area contributed by atoms with Crippen LogP contribution in [0.15, 0.2) is 30.3 Å². The molecule has 3 aliphatic rings. The summed E-state index contributed by atoms with van der Waals surface area (Å²) in [5.74, 6) is 0.0558. The fraction of sp³-hybridized carbons (Fsp3) is 0.682. The fourth-order valence-corrected chi connectivity index (χ4v) is 5.75. The highest BCUT2D eigenvalue weighted by molar-refractivity contribution is 5.83. The first-order valence-electron chi connectivity index (χ1n) is 10.2. The second-order valence-corrected chi connectivity index (χ2v) is 8.73. The minimum Gasteiger partial charge on any atom is -0.455 e. The van der Waals surface area contributed by atoms with Crippen LogP contribution < -0.4 is 0 Å². The Balaban J connectivity index is 1.56. The molecule has 3 fully saturated rings. The van der Waals surface area contributed by atoms with E-state index in [0.29, 0.717) is 6.04 Å². The van der Waals surface area contributed by atoms with Gasteiger partial charge in [-0.05, 0) is 37.7 Å². The molecule has 136 valence electrons. The number of ether oxygens (including phenoxy) is 1. The standard InChI is InChI=1S/C22H32NO2/c1-23-16-8-5-12-19(23)20(13-9-17-23)25-21(24)22(14-6-7-15-22)18-10-3-2-4-11-18/h2-4,10-11,19-20H,5-9,12-17H2,1H3/q+1/t19-,20-,23?/m1/s1. The zero-order valence-electron chi connectivity index (χ0n) is 15.6. The third-order valence-electron chi connectivity index (χ3n) is 7.24. The summed E-state index contributed by atoms with van der Waals surface area (Å²) in [6.45, 7) is 2.51. The first-order chi connectivity index (χ1) is 12.1. The quantitative estimate of drug-likeness (QED) is 0.608. The predicted octanol–water partition coefficient (Wildman–Crippen LogP) is 4.20. The van der Waals surface area contributed by atoms with Gasteiger partial charge in [0.15, 0.2) is 6.10 Å². The Kier molecular flexibility index (Phi) is 4.61. The first kappa shape index (κ1) is 17.1. The van der Waals surface area contributed by atoms with Crippen LogP contribution in [0, 0.1) is 0 Å². The van der Waals surface area contributed by atoms with Crippen molar-refractivity contribution in [3.8, 4) is 0 Å². The van der Waals surface area contributed by atoms with Crippen molar-refractivity contribution in [2.45, 2.75) is 75.3 Å². The van der Waals surface area contributed by atoms with Gasteiger partial charge in [0.25, 0.3) is 0 Å². The minimum absolute atomic E-state index is 0.0558. The van der Waals surface area contributed by atoms with Crippen molar-refractivity contribution in [2.75, 3.05) is 20.1 Å². The van der Waals surface area contributed by atoms with Gasteiger partial charge < -0.3 is 9.22 Å². The van der Waals surface area contributed by atoms with E-state index in [9.17, 15) is 4.79 Å². The maximum Gasteiger partial charge on any atom is 0.317 e. The number of esters is 1. The van der Waals surface area contributed by atoms with Crippen molar-refractivity contribution in [1.82, 2.24) is 0 Å². The highest BCUT2D eigenvalue weighted by atomic mass is 16.5. The van der Waals surface area contributed by atoms with E-state index in [0.717, 1.165) is 42.2 Å². The zero-order valence-corrected chi connectivity index (χ0v) is 15.6. The molecule has 0 aromatic heterocycles. The summed E-state index contributed by atoms with van der Waals surface area (Å²) < 4.78 is 7.43. The third-order valence-corrected chi connectivity index (χ3v) is 7.24. The van der Waals surface area contributed by atoms with Crippen LogP contribution in [0.4, 0.5) is 0 Å². The maximum atomic E-state index is 13.4. The van der Waals surface area contributed by atoms with Gasteiger partial charge in [-0.2, -0.15) is 0 Å². The number of hydrogen-bond donors (Lipinski definition) is 0. The van der Waals surface area contributed by atoms with Crippen LogP contribution in [0.5, 0.6) is 0 Å². The Morgan fingerprint density at radius 1 is 1.00 bits per heavy atom. The SMILES string of the molecule is C[N+]12CCCC[C@@H]1[C@H](OC(=O)C1(c3ccccc3)CCCC1)CCC2. The van der Waals surface area contributed by atoms with Crippen molar-refractivity contribution in [3.05, 3.63) is 35.9 Å². The maximum absolute atomic E-state index is 13.4. The van der Waals surface area contributed by atoms with Gasteiger partial charge in [-0.15, -0.1) is 0 Å².